The second-order valence-electron chi connectivity index (χ2n) is 7.16. The van der Waals surface area contributed by atoms with E-state index in [2.05, 4.69) is 4.72 Å². The third kappa shape index (κ3) is 3.67. The van der Waals surface area contributed by atoms with E-state index in [1.54, 1.807) is 10.6 Å². The number of fused-ring (bicyclic) bond motifs is 2. The number of benzene rings is 1. The first kappa shape index (κ1) is 21.1. The predicted molar refractivity (Wildman–Crippen MR) is 119 cm³/mol. The second kappa shape index (κ2) is 8.16. The van der Waals surface area contributed by atoms with E-state index in [0.29, 0.717) is 21.8 Å². The first-order valence-corrected chi connectivity index (χ1v) is 12.9. The lowest BCUT2D eigenvalue weighted by molar-refractivity contribution is 0.0601. The van der Waals surface area contributed by atoms with Crippen LogP contribution in [0.15, 0.2) is 27.9 Å². The number of carbonyl (C=O) groups is 1. The van der Waals surface area contributed by atoms with Gasteiger partial charge < -0.3 is 4.74 Å². The number of methoxy groups -OCH3 is 1. The number of aryl methyl sites for hydroxylation is 2. The van der Waals surface area contributed by atoms with Crippen LogP contribution in [0.5, 0.6) is 0 Å². The van der Waals surface area contributed by atoms with Gasteiger partial charge >= 0.3 is 10.8 Å². The maximum Gasteiger partial charge on any atom is 0.341 e. The Bertz CT molecular complexity index is 1280. The standard InChI is InChI=1S/C20H22N2O5S3/c1-3-10-22-14-9-8-12(11-16(14)29-20(22)24)30(25,26)21-18-17(19(23)27-2)13-6-4-5-7-15(13)28-18/h8-9,11,21H,3-7,10H2,1-2H3. The minimum absolute atomic E-state index is 0.0575. The van der Waals surface area contributed by atoms with Crippen molar-refractivity contribution in [3.05, 3.63) is 43.9 Å². The van der Waals surface area contributed by atoms with Crippen molar-refractivity contribution >= 4 is 53.9 Å². The van der Waals surface area contributed by atoms with Crippen molar-refractivity contribution in [2.45, 2.75) is 50.5 Å². The van der Waals surface area contributed by atoms with Gasteiger partial charge in [0.25, 0.3) is 10.0 Å². The molecule has 2 heterocycles. The van der Waals surface area contributed by atoms with E-state index in [4.69, 9.17) is 4.74 Å². The number of nitrogens with one attached hydrogen (secondary N) is 1. The lowest BCUT2D eigenvalue weighted by atomic mass is 9.95. The molecule has 7 nitrogen and oxygen atoms in total. The maximum absolute atomic E-state index is 13.1. The summed E-state index contributed by atoms with van der Waals surface area (Å²) in [5, 5.41) is 0.297. The summed E-state index contributed by atoms with van der Waals surface area (Å²) in [6.07, 6.45) is 4.36. The van der Waals surface area contributed by atoms with E-state index in [1.807, 2.05) is 6.92 Å². The predicted octanol–water partition coefficient (Wildman–Crippen LogP) is 4.00. The van der Waals surface area contributed by atoms with Gasteiger partial charge in [-0.15, -0.1) is 11.3 Å². The maximum atomic E-state index is 13.1. The van der Waals surface area contributed by atoms with Crippen molar-refractivity contribution in [1.82, 2.24) is 4.57 Å². The number of carbonyl (C=O) groups excluding carboxylic acids is 1. The number of anilines is 1. The number of rotatable bonds is 6. The molecule has 0 aliphatic heterocycles. The number of thiophene rings is 1. The number of ether oxygens (including phenoxy) is 1. The number of thiazole rings is 1. The highest BCUT2D eigenvalue weighted by molar-refractivity contribution is 7.93. The fraction of sp³-hybridized carbons (Fsp3) is 0.400. The third-order valence-electron chi connectivity index (χ3n) is 5.19. The Kier molecular flexibility index (Phi) is 5.73. The van der Waals surface area contributed by atoms with Crippen LogP contribution < -0.4 is 9.60 Å². The summed E-state index contributed by atoms with van der Waals surface area (Å²) in [5.74, 6) is -0.530. The van der Waals surface area contributed by atoms with Crippen LogP contribution in [0.3, 0.4) is 0 Å². The molecule has 2 aromatic heterocycles. The van der Waals surface area contributed by atoms with Gasteiger partial charge in [0.15, 0.2) is 0 Å². The summed E-state index contributed by atoms with van der Waals surface area (Å²) < 4.78 is 36.0. The fourth-order valence-electron chi connectivity index (χ4n) is 3.79. The molecule has 4 rings (SSSR count). The Morgan fingerprint density at radius 1 is 1.23 bits per heavy atom. The van der Waals surface area contributed by atoms with Crippen molar-refractivity contribution in [2.75, 3.05) is 11.8 Å². The van der Waals surface area contributed by atoms with Gasteiger partial charge in [-0.1, -0.05) is 18.3 Å². The van der Waals surface area contributed by atoms with Crippen molar-refractivity contribution in [3.63, 3.8) is 0 Å². The van der Waals surface area contributed by atoms with Gasteiger partial charge in [0, 0.05) is 11.4 Å². The summed E-state index contributed by atoms with van der Waals surface area (Å²) in [4.78, 5) is 25.6. The molecule has 1 aromatic carbocycles. The number of hydrogen-bond donors (Lipinski definition) is 1. The molecule has 0 fully saturated rings. The largest absolute Gasteiger partial charge is 0.465 e. The van der Waals surface area contributed by atoms with Gasteiger partial charge in [0.1, 0.15) is 5.00 Å². The molecule has 0 unspecified atom stereocenters. The molecule has 1 aliphatic carbocycles. The zero-order valence-electron chi connectivity index (χ0n) is 16.7. The monoisotopic (exact) mass is 466 g/mol. The van der Waals surface area contributed by atoms with E-state index in [0.717, 1.165) is 59.4 Å². The summed E-state index contributed by atoms with van der Waals surface area (Å²) in [6, 6.07) is 4.67. The molecule has 0 bridgehead atoms. The normalized spacial score (nSPS) is 13.9. The molecule has 10 heteroatoms. The number of nitrogens with zero attached hydrogens (tertiary/aromatic N) is 1. The van der Waals surface area contributed by atoms with Crippen molar-refractivity contribution < 1.29 is 17.9 Å². The van der Waals surface area contributed by atoms with Gasteiger partial charge in [-0.2, -0.15) is 0 Å². The minimum Gasteiger partial charge on any atom is -0.465 e. The van der Waals surface area contributed by atoms with Crippen LogP contribution in [0.1, 0.15) is 47.0 Å². The molecular formula is C20H22N2O5S3. The van der Waals surface area contributed by atoms with E-state index >= 15 is 0 Å². The SMILES string of the molecule is CCCn1c(=O)sc2cc(S(=O)(=O)Nc3sc4c(c3C(=O)OC)CCCC4)ccc21. The molecule has 0 radical (unpaired) electrons. The summed E-state index contributed by atoms with van der Waals surface area (Å²) in [7, 11) is -2.64. The van der Waals surface area contributed by atoms with Crippen LogP contribution in [0.4, 0.5) is 5.00 Å². The number of hydrogen-bond acceptors (Lipinski definition) is 7. The highest BCUT2D eigenvalue weighted by Crippen LogP contribution is 2.39. The number of sulfonamides is 1. The second-order valence-corrected chi connectivity index (χ2v) is 10.9. The molecule has 1 N–H and O–H groups in total. The Morgan fingerprint density at radius 3 is 2.73 bits per heavy atom. The smallest absolute Gasteiger partial charge is 0.341 e. The first-order valence-electron chi connectivity index (χ1n) is 9.74. The molecule has 3 aromatic rings. The highest BCUT2D eigenvalue weighted by Gasteiger charge is 2.29. The Morgan fingerprint density at radius 2 is 2.00 bits per heavy atom. The van der Waals surface area contributed by atoms with Crippen molar-refractivity contribution in [2.24, 2.45) is 0 Å². The first-order chi connectivity index (χ1) is 14.4. The zero-order chi connectivity index (χ0) is 21.5. The molecule has 160 valence electrons. The molecule has 0 saturated heterocycles. The highest BCUT2D eigenvalue weighted by atomic mass is 32.2. The van der Waals surface area contributed by atoms with Crippen LogP contribution in [-0.2, 0) is 34.1 Å². The Labute approximate surface area is 182 Å². The van der Waals surface area contributed by atoms with Crippen LogP contribution in [0, 0.1) is 0 Å². The van der Waals surface area contributed by atoms with Crippen LogP contribution in [0.2, 0.25) is 0 Å². The fourth-order valence-corrected chi connectivity index (χ4v) is 7.43. The molecule has 0 amide bonds. The van der Waals surface area contributed by atoms with Gasteiger partial charge in [0.2, 0.25) is 0 Å². The Hall–Kier alpha value is -2.17. The van der Waals surface area contributed by atoms with Crippen LogP contribution in [0.25, 0.3) is 10.2 Å². The lowest BCUT2D eigenvalue weighted by Crippen LogP contribution is -2.16. The quantitative estimate of drug-likeness (QED) is 0.554. The molecule has 1 aliphatic rings. The summed E-state index contributed by atoms with van der Waals surface area (Å²) in [5.41, 5.74) is 1.94. The van der Waals surface area contributed by atoms with Gasteiger partial charge in [-0.25, -0.2) is 13.2 Å². The topological polar surface area (TPSA) is 94.5 Å². The van der Waals surface area contributed by atoms with E-state index in [1.165, 1.54) is 30.6 Å². The molecular weight excluding hydrogens is 444 g/mol. The van der Waals surface area contributed by atoms with Crippen LogP contribution in [-0.4, -0.2) is 26.1 Å². The lowest BCUT2D eigenvalue weighted by Gasteiger charge is -2.12. The van der Waals surface area contributed by atoms with Gasteiger partial charge in [0.05, 0.1) is 27.8 Å². The van der Waals surface area contributed by atoms with Crippen LogP contribution >= 0.6 is 22.7 Å². The average molecular weight is 467 g/mol. The van der Waals surface area contributed by atoms with Gasteiger partial charge in [-0.3, -0.25) is 14.1 Å². The van der Waals surface area contributed by atoms with E-state index < -0.39 is 16.0 Å². The third-order valence-corrected chi connectivity index (χ3v) is 8.81. The van der Waals surface area contributed by atoms with Crippen molar-refractivity contribution in [1.29, 1.82) is 0 Å². The zero-order valence-corrected chi connectivity index (χ0v) is 19.1. The van der Waals surface area contributed by atoms with Gasteiger partial charge in [-0.05, 0) is 55.9 Å². The summed E-state index contributed by atoms with van der Waals surface area (Å²) >= 11 is 2.33. The molecule has 30 heavy (non-hydrogen) atoms. The minimum atomic E-state index is -3.94. The average Bonchev–Trinajstić information content (AvgIpc) is 3.23. The summed E-state index contributed by atoms with van der Waals surface area (Å²) in [6.45, 7) is 2.57. The Balaban J connectivity index is 1.74. The number of esters is 1. The van der Waals surface area contributed by atoms with Crippen molar-refractivity contribution in [3.8, 4) is 0 Å². The molecule has 0 saturated carbocycles. The molecule has 0 spiro atoms. The van der Waals surface area contributed by atoms with E-state index in [9.17, 15) is 18.0 Å². The van der Waals surface area contributed by atoms with E-state index in [-0.39, 0.29) is 9.77 Å². The molecule has 0 atom stereocenters. The number of aromatic nitrogens is 1.